The SMILES string of the molecule is Cc1c(C(=O)Nc2ccc(F)c(F)c2F)oc2ccccc12. The zero-order valence-electron chi connectivity index (χ0n) is 11.4. The first-order valence-corrected chi connectivity index (χ1v) is 6.42. The van der Waals surface area contributed by atoms with Gasteiger partial charge in [0, 0.05) is 10.9 Å². The Morgan fingerprint density at radius 3 is 2.50 bits per heavy atom. The van der Waals surface area contributed by atoms with Crippen LogP contribution in [0.2, 0.25) is 0 Å². The fourth-order valence-corrected chi connectivity index (χ4v) is 2.19. The molecule has 0 aliphatic rings. The topological polar surface area (TPSA) is 42.2 Å². The highest BCUT2D eigenvalue weighted by atomic mass is 19.2. The molecule has 0 atom stereocenters. The number of halogens is 3. The largest absolute Gasteiger partial charge is 0.451 e. The molecule has 0 aliphatic carbocycles. The van der Waals surface area contributed by atoms with Crippen molar-refractivity contribution in [2.24, 2.45) is 0 Å². The van der Waals surface area contributed by atoms with Crippen LogP contribution >= 0.6 is 0 Å². The summed E-state index contributed by atoms with van der Waals surface area (Å²) in [6.45, 7) is 1.68. The van der Waals surface area contributed by atoms with Gasteiger partial charge in [-0.05, 0) is 25.1 Å². The lowest BCUT2D eigenvalue weighted by Crippen LogP contribution is -2.14. The predicted molar refractivity (Wildman–Crippen MR) is 75.2 cm³/mol. The number of anilines is 1. The normalized spacial score (nSPS) is 10.9. The molecule has 0 saturated carbocycles. The number of carbonyl (C=O) groups excluding carboxylic acids is 1. The highest BCUT2D eigenvalue weighted by Crippen LogP contribution is 2.26. The fraction of sp³-hybridized carbons (Fsp3) is 0.0625. The van der Waals surface area contributed by atoms with Gasteiger partial charge in [-0.25, -0.2) is 13.2 Å². The minimum atomic E-state index is -1.64. The van der Waals surface area contributed by atoms with Crippen molar-refractivity contribution in [2.45, 2.75) is 6.92 Å². The van der Waals surface area contributed by atoms with Crippen molar-refractivity contribution in [3.63, 3.8) is 0 Å². The van der Waals surface area contributed by atoms with Crippen LogP contribution in [0, 0.1) is 24.4 Å². The summed E-state index contributed by atoms with van der Waals surface area (Å²) >= 11 is 0. The zero-order valence-corrected chi connectivity index (χ0v) is 11.4. The van der Waals surface area contributed by atoms with E-state index in [4.69, 9.17) is 4.42 Å². The molecule has 112 valence electrons. The van der Waals surface area contributed by atoms with Gasteiger partial charge >= 0.3 is 0 Å². The van der Waals surface area contributed by atoms with E-state index in [0.717, 1.165) is 17.5 Å². The van der Waals surface area contributed by atoms with Gasteiger partial charge in [-0.15, -0.1) is 0 Å². The Labute approximate surface area is 123 Å². The quantitative estimate of drug-likeness (QED) is 0.713. The minimum absolute atomic E-state index is 0.00895. The van der Waals surface area contributed by atoms with E-state index in [1.807, 2.05) is 0 Å². The van der Waals surface area contributed by atoms with Crippen LogP contribution in [0.1, 0.15) is 16.1 Å². The highest BCUT2D eigenvalue weighted by molar-refractivity contribution is 6.06. The number of furan rings is 1. The molecule has 3 nitrogen and oxygen atoms in total. The highest BCUT2D eigenvalue weighted by Gasteiger charge is 2.20. The Morgan fingerprint density at radius 2 is 1.77 bits per heavy atom. The minimum Gasteiger partial charge on any atom is -0.451 e. The number of rotatable bonds is 2. The summed E-state index contributed by atoms with van der Waals surface area (Å²) in [6.07, 6.45) is 0. The van der Waals surface area contributed by atoms with Gasteiger partial charge in [0.05, 0.1) is 5.69 Å². The second kappa shape index (κ2) is 5.22. The maximum absolute atomic E-state index is 13.6. The van der Waals surface area contributed by atoms with Gasteiger partial charge in [-0.2, -0.15) is 0 Å². The number of hydrogen-bond donors (Lipinski definition) is 1. The van der Waals surface area contributed by atoms with Crippen molar-refractivity contribution in [1.82, 2.24) is 0 Å². The van der Waals surface area contributed by atoms with E-state index in [1.54, 1.807) is 31.2 Å². The molecule has 1 amide bonds. The Balaban J connectivity index is 1.97. The number of para-hydroxylation sites is 1. The van der Waals surface area contributed by atoms with Crippen molar-refractivity contribution >= 4 is 22.6 Å². The number of amides is 1. The standard InChI is InChI=1S/C16H10F3NO2/c1-8-9-4-2-3-5-12(9)22-15(8)16(21)20-11-7-6-10(17)13(18)14(11)19/h2-7H,1H3,(H,20,21). The summed E-state index contributed by atoms with van der Waals surface area (Å²) in [6, 6.07) is 8.70. The molecule has 0 bridgehead atoms. The lowest BCUT2D eigenvalue weighted by Gasteiger charge is -2.06. The van der Waals surface area contributed by atoms with Gasteiger partial charge in [-0.1, -0.05) is 18.2 Å². The monoisotopic (exact) mass is 305 g/mol. The fourth-order valence-electron chi connectivity index (χ4n) is 2.19. The summed E-state index contributed by atoms with van der Waals surface area (Å²) in [4.78, 5) is 12.2. The average Bonchev–Trinajstić information content (AvgIpc) is 2.85. The van der Waals surface area contributed by atoms with Gasteiger partial charge in [-0.3, -0.25) is 4.79 Å². The average molecular weight is 305 g/mol. The Morgan fingerprint density at radius 1 is 1.05 bits per heavy atom. The molecule has 2 aromatic carbocycles. The van der Waals surface area contributed by atoms with Gasteiger partial charge in [0.2, 0.25) is 0 Å². The third-order valence-corrected chi connectivity index (χ3v) is 3.33. The van der Waals surface area contributed by atoms with E-state index >= 15 is 0 Å². The Hall–Kier alpha value is -2.76. The number of aryl methyl sites for hydroxylation is 1. The molecule has 0 spiro atoms. The summed E-state index contributed by atoms with van der Waals surface area (Å²) in [5.41, 5.74) is 0.635. The molecule has 22 heavy (non-hydrogen) atoms. The molecule has 0 radical (unpaired) electrons. The third-order valence-electron chi connectivity index (χ3n) is 3.33. The maximum atomic E-state index is 13.6. The first-order valence-electron chi connectivity index (χ1n) is 6.42. The molecule has 0 saturated heterocycles. The molecule has 3 aromatic rings. The molecule has 0 unspecified atom stereocenters. The van der Waals surface area contributed by atoms with Crippen LogP contribution in [0.25, 0.3) is 11.0 Å². The first kappa shape index (κ1) is 14.2. The van der Waals surface area contributed by atoms with E-state index in [9.17, 15) is 18.0 Å². The molecular weight excluding hydrogens is 295 g/mol. The third kappa shape index (κ3) is 2.22. The van der Waals surface area contributed by atoms with Crippen molar-refractivity contribution in [1.29, 1.82) is 0 Å². The predicted octanol–water partition coefficient (Wildman–Crippen LogP) is 4.41. The van der Waals surface area contributed by atoms with Crippen molar-refractivity contribution in [3.8, 4) is 0 Å². The number of carbonyl (C=O) groups is 1. The molecule has 3 rings (SSSR count). The zero-order chi connectivity index (χ0) is 15.9. The molecular formula is C16H10F3NO2. The molecule has 1 N–H and O–H groups in total. The Bertz CT molecular complexity index is 886. The van der Waals surface area contributed by atoms with Gasteiger partial charge in [0.15, 0.2) is 23.2 Å². The number of hydrogen-bond acceptors (Lipinski definition) is 2. The van der Waals surface area contributed by atoms with Crippen LogP contribution in [-0.4, -0.2) is 5.91 Å². The summed E-state index contributed by atoms with van der Waals surface area (Å²) < 4.78 is 45.1. The van der Waals surface area contributed by atoms with Crippen LogP contribution < -0.4 is 5.32 Å². The van der Waals surface area contributed by atoms with Crippen LogP contribution in [0.3, 0.4) is 0 Å². The number of nitrogens with one attached hydrogen (secondary N) is 1. The Kier molecular flexibility index (Phi) is 3.36. The molecule has 0 aliphatic heterocycles. The summed E-state index contributed by atoms with van der Waals surface area (Å²) in [5.74, 6) is -5.17. The van der Waals surface area contributed by atoms with E-state index in [2.05, 4.69) is 5.32 Å². The van der Waals surface area contributed by atoms with E-state index in [-0.39, 0.29) is 5.76 Å². The van der Waals surface area contributed by atoms with Crippen molar-refractivity contribution in [3.05, 3.63) is 65.2 Å². The second-order valence-corrected chi connectivity index (χ2v) is 4.73. The van der Waals surface area contributed by atoms with Gasteiger partial charge in [0.25, 0.3) is 5.91 Å². The van der Waals surface area contributed by atoms with Crippen LogP contribution in [0.15, 0.2) is 40.8 Å². The van der Waals surface area contributed by atoms with Crippen molar-refractivity contribution < 1.29 is 22.4 Å². The van der Waals surface area contributed by atoms with E-state index in [1.165, 1.54) is 0 Å². The lowest BCUT2D eigenvalue weighted by molar-refractivity contribution is 0.0997. The number of fused-ring (bicyclic) bond motifs is 1. The maximum Gasteiger partial charge on any atom is 0.291 e. The van der Waals surface area contributed by atoms with Crippen molar-refractivity contribution in [2.75, 3.05) is 5.32 Å². The smallest absolute Gasteiger partial charge is 0.291 e. The number of benzene rings is 2. The van der Waals surface area contributed by atoms with Crippen LogP contribution in [0.5, 0.6) is 0 Å². The van der Waals surface area contributed by atoms with E-state index in [0.29, 0.717) is 11.1 Å². The second-order valence-electron chi connectivity index (χ2n) is 4.73. The van der Waals surface area contributed by atoms with Crippen LogP contribution in [-0.2, 0) is 0 Å². The van der Waals surface area contributed by atoms with E-state index < -0.39 is 29.0 Å². The molecule has 6 heteroatoms. The molecule has 1 aromatic heterocycles. The van der Waals surface area contributed by atoms with Crippen LogP contribution in [0.4, 0.5) is 18.9 Å². The summed E-state index contributed by atoms with van der Waals surface area (Å²) in [5, 5.41) is 2.93. The summed E-state index contributed by atoms with van der Waals surface area (Å²) in [7, 11) is 0. The van der Waals surface area contributed by atoms with Gasteiger partial charge < -0.3 is 9.73 Å². The molecule has 1 heterocycles. The molecule has 0 fully saturated rings. The first-order chi connectivity index (χ1) is 10.5. The lowest BCUT2D eigenvalue weighted by atomic mass is 10.1. The van der Waals surface area contributed by atoms with Gasteiger partial charge in [0.1, 0.15) is 5.58 Å².